The summed E-state index contributed by atoms with van der Waals surface area (Å²) < 4.78 is 0. The van der Waals surface area contributed by atoms with Crippen LogP contribution in [0.1, 0.15) is 33.1 Å². The van der Waals surface area contributed by atoms with Crippen molar-refractivity contribution in [1.82, 2.24) is 0 Å². The Balaban J connectivity index is 0. The third kappa shape index (κ3) is 10.8. The second-order valence-corrected chi connectivity index (χ2v) is 1.55. The second kappa shape index (κ2) is 9.73. The molecule has 0 unspecified atom stereocenters. The summed E-state index contributed by atoms with van der Waals surface area (Å²) in [5.41, 5.74) is 0. The van der Waals surface area contributed by atoms with Crippen molar-refractivity contribution < 1.29 is 0 Å². The van der Waals surface area contributed by atoms with Crippen molar-refractivity contribution in [2.24, 2.45) is 0 Å². The Kier molecular flexibility index (Phi) is 14.6. The lowest BCUT2D eigenvalue weighted by Crippen LogP contribution is -1.67. The van der Waals surface area contributed by atoms with Crippen molar-refractivity contribution in [3.63, 3.8) is 0 Å². The summed E-state index contributed by atoms with van der Waals surface area (Å²) >= 11 is 0. The van der Waals surface area contributed by atoms with Gasteiger partial charge in [-0.25, -0.2) is 0 Å². The first-order valence-corrected chi connectivity index (χ1v) is 2.69. The lowest BCUT2D eigenvalue weighted by Gasteiger charge is -1.85. The molecule has 1 radical (unpaired) electrons. The van der Waals surface area contributed by atoms with Gasteiger partial charge in [0, 0.05) is 0 Å². The van der Waals surface area contributed by atoms with Gasteiger partial charge in [0.2, 0.25) is 0 Å². The monoisotopic (exact) mass is 115 g/mol. The normalized spacial score (nSPS) is 7.71. The summed E-state index contributed by atoms with van der Waals surface area (Å²) in [5.74, 6) is 0. The van der Waals surface area contributed by atoms with E-state index >= 15 is 0 Å². The average molecular weight is 115 g/mol. The van der Waals surface area contributed by atoms with Crippen LogP contribution in [0.5, 0.6) is 0 Å². The fraction of sp³-hybridized carbons (Fsp3) is 0.833. The topological polar surface area (TPSA) is 0 Å². The average Bonchev–Trinajstić information content (AvgIpc) is 1.61. The SMILES string of the molecule is C[CH]CCCC.[AlH3]. The maximum Gasteiger partial charge on any atom is 0.187 e. The molecule has 0 nitrogen and oxygen atoms in total. The smallest absolute Gasteiger partial charge is 0.0654 e. The van der Waals surface area contributed by atoms with E-state index in [9.17, 15) is 0 Å². The van der Waals surface area contributed by atoms with Gasteiger partial charge < -0.3 is 0 Å². The maximum atomic E-state index is 2.21. The van der Waals surface area contributed by atoms with E-state index in [1.54, 1.807) is 0 Å². The summed E-state index contributed by atoms with van der Waals surface area (Å²) in [6, 6.07) is 0. The van der Waals surface area contributed by atoms with E-state index in [0.717, 1.165) is 0 Å². The molecule has 43 valence electrons. The van der Waals surface area contributed by atoms with Gasteiger partial charge in [-0.05, 0) is 6.42 Å². The van der Waals surface area contributed by atoms with Gasteiger partial charge in [-0.1, -0.05) is 33.1 Å². The number of hydrogen-bond donors (Lipinski definition) is 0. The predicted octanol–water partition coefficient (Wildman–Crippen LogP) is 1.22. The Bertz CT molecular complexity index is 16.1. The van der Waals surface area contributed by atoms with Crippen molar-refractivity contribution in [2.75, 3.05) is 0 Å². The van der Waals surface area contributed by atoms with E-state index in [1.165, 1.54) is 19.3 Å². The van der Waals surface area contributed by atoms with E-state index in [-0.39, 0.29) is 17.4 Å². The molecule has 0 amide bonds. The van der Waals surface area contributed by atoms with E-state index in [1.807, 2.05) is 0 Å². The molecule has 0 heterocycles. The first-order chi connectivity index (χ1) is 2.91. The van der Waals surface area contributed by atoms with Gasteiger partial charge in [0.1, 0.15) is 0 Å². The van der Waals surface area contributed by atoms with Crippen LogP contribution in [0.2, 0.25) is 0 Å². The molecule has 0 spiro atoms. The zero-order chi connectivity index (χ0) is 4.83. The fourth-order valence-corrected chi connectivity index (χ4v) is 0.408. The van der Waals surface area contributed by atoms with Crippen LogP contribution in [0.3, 0.4) is 0 Å². The van der Waals surface area contributed by atoms with Gasteiger partial charge in [0.15, 0.2) is 17.4 Å². The predicted molar refractivity (Wildman–Crippen MR) is 39.4 cm³/mol. The van der Waals surface area contributed by atoms with Crippen LogP contribution in [0, 0.1) is 6.42 Å². The minimum absolute atomic E-state index is 0. The molecule has 0 aromatic carbocycles. The first kappa shape index (κ1) is 10.5. The van der Waals surface area contributed by atoms with Crippen molar-refractivity contribution in [3.8, 4) is 0 Å². The molecule has 0 aromatic heterocycles. The zero-order valence-corrected chi connectivity index (χ0v) is 4.70. The highest BCUT2D eigenvalue weighted by Crippen LogP contribution is 1.94. The van der Waals surface area contributed by atoms with E-state index in [0.29, 0.717) is 0 Å². The van der Waals surface area contributed by atoms with Gasteiger partial charge in [-0.2, -0.15) is 0 Å². The lowest BCUT2D eigenvalue weighted by molar-refractivity contribution is 0.784. The van der Waals surface area contributed by atoms with E-state index in [4.69, 9.17) is 0 Å². The van der Waals surface area contributed by atoms with Gasteiger partial charge >= 0.3 is 0 Å². The summed E-state index contributed by atoms with van der Waals surface area (Å²) in [4.78, 5) is 0. The van der Waals surface area contributed by atoms with Crippen molar-refractivity contribution in [2.45, 2.75) is 33.1 Å². The highest BCUT2D eigenvalue weighted by Gasteiger charge is 1.75. The molecule has 0 fully saturated rings. The Hall–Kier alpha value is 0.532. The van der Waals surface area contributed by atoms with Gasteiger partial charge in [-0.15, -0.1) is 0 Å². The summed E-state index contributed by atoms with van der Waals surface area (Å²) in [6.07, 6.45) is 6.18. The highest BCUT2D eigenvalue weighted by molar-refractivity contribution is 5.75. The molecule has 0 rings (SSSR count). The van der Waals surface area contributed by atoms with Crippen molar-refractivity contribution in [1.29, 1.82) is 0 Å². The maximum absolute atomic E-state index is 2.21. The molecule has 0 atom stereocenters. The molecule has 0 saturated heterocycles. The molecule has 7 heavy (non-hydrogen) atoms. The Morgan fingerprint density at radius 2 is 2.00 bits per heavy atom. The second-order valence-electron chi connectivity index (χ2n) is 1.55. The van der Waals surface area contributed by atoms with Gasteiger partial charge in [0.25, 0.3) is 0 Å². The molecule has 0 bridgehead atoms. The summed E-state index contributed by atoms with van der Waals surface area (Å²) in [7, 11) is 0. The van der Waals surface area contributed by atoms with Crippen LogP contribution in [-0.4, -0.2) is 17.4 Å². The van der Waals surface area contributed by atoms with Gasteiger partial charge in [0.05, 0.1) is 0 Å². The van der Waals surface area contributed by atoms with Gasteiger partial charge in [-0.3, -0.25) is 0 Å². The first-order valence-electron chi connectivity index (χ1n) is 2.69. The number of rotatable bonds is 3. The quantitative estimate of drug-likeness (QED) is 0.383. The molecule has 0 aliphatic carbocycles. The van der Waals surface area contributed by atoms with E-state index in [2.05, 4.69) is 20.3 Å². The van der Waals surface area contributed by atoms with Crippen molar-refractivity contribution >= 4 is 17.4 Å². The summed E-state index contributed by atoms with van der Waals surface area (Å²) in [6.45, 7) is 4.32. The molecule has 0 aliphatic heterocycles. The van der Waals surface area contributed by atoms with Crippen molar-refractivity contribution in [3.05, 3.63) is 6.42 Å². The Morgan fingerprint density at radius 1 is 1.43 bits per heavy atom. The van der Waals surface area contributed by atoms with Crippen LogP contribution < -0.4 is 0 Å². The van der Waals surface area contributed by atoms with Crippen LogP contribution >= 0.6 is 0 Å². The minimum atomic E-state index is 0. The van der Waals surface area contributed by atoms with Crippen LogP contribution in [0.25, 0.3) is 0 Å². The highest BCUT2D eigenvalue weighted by atomic mass is 27.0. The van der Waals surface area contributed by atoms with Crippen LogP contribution in [0.15, 0.2) is 0 Å². The Morgan fingerprint density at radius 3 is 2.14 bits per heavy atom. The lowest BCUT2D eigenvalue weighted by atomic mass is 10.2. The number of hydrogen-bond acceptors (Lipinski definition) is 0. The largest absolute Gasteiger partial charge is 0.187 e. The van der Waals surface area contributed by atoms with Crippen LogP contribution in [-0.2, 0) is 0 Å². The van der Waals surface area contributed by atoms with E-state index < -0.39 is 0 Å². The van der Waals surface area contributed by atoms with Crippen LogP contribution in [0.4, 0.5) is 0 Å². The molecule has 1 heteroatoms. The number of unbranched alkanes of at least 4 members (excludes halogenated alkanes) is 3. The summed E-state index contributed by atoms with van der Waals surface area (Å²) in [5, 5.41) is 0. The molecular weight excluding hydrogens is 99.0 g/mol. The molecule has 0 aromatic rings. The minimum Gasteiger partial charge on any atom is -0.0654 e. The third-order valence-electron chi connectivity index (χ3n) is 0.846. The standard InChI is InChI=1S/C6H13.Al.3H/c1-3-5-6-4-2;;;;/h3H,4-6H2,1-2H3;;;;. The molecule has 0 N–H and O–H groups in total. The third-order valence-corrected chi connectivity index (χ3v) is 0.846. The fourth-order valence-electron chi connectivity index (χ4n) is 0.408. The molecule has 0 saturated carbocycles. The Labute approximate surface area is 57.4 Å². The molecule has 0 aliphatic rings. The molecular formula is C6H16Al. The zero-order valence-electron chi connectivity index (χ0n) is 4.70.